The molecule has 0 aromatic rings. The number of hydrogen-bond acceptors (Lipinski definition) is 2. The van der Waals surface area contributed by atoms with Crippen LogP contribution < -0.4 is 0 Å². The van der Waals surface area contributed by atoms with Crippen LogP contribution in [0.25, 0.3) is 0 Å². The van der Waals surface area contributed by atoms with Crippen LogP contribution in [0.4, 0.5) is 0 Å². The zero-order chi connectivity index (χ0) is 8.60. The largest absolute Gasteiger partial charge is 0.373 e. The summed E-state index contributed by atoms with van der Waals surface area (Å²) >= 11 is 0. The van der Waals surface area contributed by atoms with Gasteiger partial charge in [-0.2, -0.15) is 0 Å². The van der Waals surface area contributed by atoms with E-state index in [4.69, 9.17) is 9.47 Å². The molecule has 2 saturated heterocycles. The molecule has 2 nitrogen and oxygen atoms in total. The molecule has 12 heavy (non-hydrogen) atoms. The minimum atomic E-state index is 0.0325. The van der Waals surface area contributed by atoms with Gasteiger partial charge in [0, 0.05) is 6.61 Å². The first-order valence-electron chi connectivity index (χ1n) is 5.00. The topological polar surface area (TPSA) is 18.5 Å². The van der Waals surface area contributed by atoms with E-state index in [0.29, 0.717) is 12.2 Å². The van der Waals surface area contributed by atoms with Gasteiger partial charge in [0.05, 0.1) is 17.8 Å². The Labute approximate surface area is 74.2 Å². The summed E-state index contributed by atoms with van der Waals surface area (Å²) in [6, 6.07) is 0. The summed E-state index contributed by atoms with van der Waals surface area (Å²) < 4.78 is 11.6. The lowest BCUT2D eigenvalue weighted by atomic mass is 9.93. The standard InChI is InChI=1S/C10H18O2/c1-8-4-5-9(12-8)10(2)6-3-7-11-10/h8-9H,3-7H2,1-2H3. The van der Waals surface area contributed by atoms with Gasteiger partial charge in [0.25, 0.3) is 0 Å². The normalized spacial score (nSPS) is 48.5. The van der Waals surface area contributed by atoms with Crippen molar-refractivity contribution in [2.75, 3.05) is 6.61 Å². The molecular weight excluding hydrogens is 152 g/mol. The van der Waals surface area contributed by atoms with Crippen molar-refractivity contribution in [3.63, 3.8) is 0 Å². The molecule has 2 aliphatic heterocycles. The molecule has 2 fully saturated rings. The van der Waals surface area contributed by atoms with E-state index in [2.05, 4.69) is 13.8 Å². The molecule has 0 spiro atoms. The predicted octanol–water partition coefficient (Wildman–Crippen LogP) is 2.12. The van der Waals surface area contributed by atoms with E-state index in [1.807, 2.05) is 0 Å². The highest BCUT2D eigenvalue weighted by atomic mass is 16.6. The third-order valence-electron chi connectivity index (χ3n) is 3.16. The number of ether oxygens (including phenoxy) is 2. The van der Waals surface area contributed by atoms with Crippen molar-refractivity contribution in [1.82, 2.24) is 0 Å². The molecule has 0 aliphatic carbocycles. The van der Waals surface area contributed by atoms with Crippen molar-refractivity contribution in [2.45, 2.75) is 57.3 Å². The molecule has 2 aliphatic rings. The molecular formula is C10H18O2. The van der Waals surface area contributed by atoms with Gasteiger partial charge >= 0.3 is 0 Å². The maximum Gasteiger partial charge on any atom is 0.0915 e. The highest BCUT2D eigenvalue weighted by Gasteiger charge is 2.42. The molecule has 0 aromatic heterocycles. The Morgan fingerprint density at radius 2 is 2.17 bits per heavy atom. The SMILES string of the molecule is CC1CCC(C2(C)CCCO2)O1. The molecule has 0 radical (unpaired) electrons. The molecule has 0 N–H and O–H groups in total. The maximum atomic E-state index is 5.82. The van der Waals surface area contributed by atoms with Crippen molar-refractivity contribution >= 4 is 0 Å². The lowest BCUT2D eigenvalue weighted by molar-refractivity contribution is -0.101. The van der Waals surface area contributed by atoms with Crippen LogP contribution in [0.3, 0.4) is 0 Å². The summed E-state index contributed by atoms with van der Waals surface area (Å²) in [6.45, 7) is 5.27. The quantitative estimate of drug-likeness (QED) is 0.600. The van der Waals surface area contributed by atoms with E-state index in [-0.39, 0.29) is 5.60 Å². The van der Waals surface area contributed by atoms with Gasteiger partial charge in [0.2, 0.25) is 0 Å². The summed E-state index contributed by atoms with van der Waals surface area (Å²) in [7, 11) is 0. The van der Waals surface area contributed by atoms with Gasteiger partial charge in [-0.05, 0) is 39.5 Å². The average molecular weight is 170 g/mol. The first-order chi connectivity index (χ1) is 5.71. The molecule has 3 atom stereocenters. The van der Waals surface area contributed by atoms with Crippen molar-refractivity contribution in [1.29, 1.82) is 0 Å². The van der Waals surface area contributed by atoms with Crippen molar-refractivity contribution in [3.05, 3.63) is 0 Å². The van der Waals surface area contributed by atoms with Gasteiger partial charge in [-0.25, -0.2) is 0 Å². The molecule has 0 saturated carbocycles. The lowest BCUT2D eigenvalue weighted by Crippen LogP contribution is -2.38. The van der Waals surface area contributed by atoms with Crippen LogP contribution in [-0.2, 0) is 9.47 Å². The Hall–Kier alpha value is -0.0800. The van der Waals surface area contributed by atoms with Crippen molar-refractivity contribution in [3.8, 4) is 0 Å². The number of rotatable bonds is 1. The smallest absolute Gasteiger partial charge is 0.0915 e. The molecule has 0 bridgehead atoms. The Bertz CT molecular complexity index is 161. The Kier molecular flexibility index (Phi) is 2.13. The van der Waals surface area contributed by atoms with E-state index in [9.17, 15) is 0 Å². The van der Waals surface area contributed by atoms with E-state index in [1.165, 1.54) is 25.7 Å². The van der Waals surface area contributed by atoms with Crippen molar-refractivity contribution < 1.29 is 9.47 Å². The van der Waals surface area contributed by atoms with Gasteiger partial charge in [-0.15, -0.1) is 0 Å². The summed E-state index contributed by atoms with van der Waals surface area (Å²) in [6.07, 6.45) is 5.54. The first-order valence-corrected chi connectivity index (χ1v) is 5.00. The molecule has 0 amide bonds. The second-order valence-electron chi connectivity index (χ2n) is 4.28. The molecule has 0 aromatic carbocycles. The predicted molar refractivity (Wildman–Crippen MR) is 47.2 cm³/mol. The van der Waals surface area contributed by atoms with Gasteiger partial charge in [-0.1, -0.05) is 0 Å². The minimum Gasteiger partial charge on any atom is -0.373 e. The summed E-state index contributed by atoms with van der Waals surface area (Å²) in [5, 5.41) is 0. The maximum absolute atomic E-state index is 5.82. The Balaban J connectivity index is 1.99. The van der Waals surface area contributed by atoms with Crippen LogP contribution in [0.5, 0.6) is 0 Å². The second kappa shape index (κ2) is 3.00. The zero-order valence-electron chi connectivity index (χ0n) is 8.01. The Morgan fingerprint density at radius 1 is 1.33 bits per heavy atom. The van der Waals surface area contributed by atoms with E-state index < -0.39 is 0 Å². The van der Waals surface area contributed by atoms with E-state index >= 15 is 0 Å². The fourth-order valence-corrected chi connectivity index (χ4v) is 2.31. The fraction of sp³-hybridized carbons (Fsp3) is 1.00. The van der Waals surface area contributed by atoms with Gasteiger partial charge < -0.3 is 9.47 Å². The monoisotopic (exact) mass is 170 g/mol. The fourth-order valence-electron chi connectivity index (χ4n) is 2.31. The Morgan fingerprint density at radius 3 is 2.67 bits per heavy atom. The van der Waals surface area contributed by atoms with Crippen LogP contribution >= 0.6 is 0 Å². The minimum absolute atomic E-state index is 0.0325. The average Bonchev–Trinajstić information content (AvgIpc) is 2.59. The van der Waals surface area contributed by atoms with Crippen molar-refractivity contribution in [2.24, 2.45) is 0 Å². The molecule has 2 heterocycles. The van der Waals surface area contributed by atoms with Crippen LogP contribution in [0.2, 0.25) is 0 Å². The summed E-state index contributed by atoms with van der Waals surface area (Å²) in [5.74, 6) is 0. The highest BCUT2D eigenvalue weighted by Crippen LogP contribution is 2.36. The first kappa shape index (κ1) is 8.52. The van der Waals surface area contributed by atoms with Crippen LogP contribution in [-0.4, -0.2) is 24.4 Å². The molecule has 2 heteroatoms. The summed E-state index contributed by atoms with van der Waals surface area (Å²) in [4.78, 5) is 0. The molecule has 2 rings (SSSR count). The third-order valence-corrected chi connectivity index (χ3v) is 3.16. The molecule has 3 unspecified atom stereocenters. The highest BCUT2D eigenvalue weighted by molar-refractivity contribution is 4.92. The number of hydrogen-bond donors (Lipinski definition) is 0. The zero-order valence-corrected chi connectivity index (χ0v) is 8.01. The van der Waals surface area contributed by atoms with Crippen LogP contribution in [0.1, 0.15) is 39.5 Å². The van der Waals surface area contributed by atoms with Gasteiger partial charge in [-0.3, -0.25) is 0 Å². The lowest BCUT2D eigenvalue weighted by Gasteiger charge is -2.29. The van der Waals surface area contributed by atoms with E-state index in [0.717, 1.165) is 6.61 Å². The van der Waals surface area contributed by atoms with Crippen LogP contribution in [0, 0.1) is 0 Å². The summed E-state index contributed by atoms with van der Waals surface area (Å²) in [5.41, 5.74) is 0.0325. The second-order valence-corrected chi connectivity index (χ2v) is 4.28. The van der Waals surface area contributed by atoms with Crippen LogP contribution in [0.15, 0.2) is 0 Å². The third kappa shape index (κ3) is 1.38. The van der Waals surface area contributed by atoms with E-state index in [1.54, 1.807) is 0 Å². The van der Waals surface area contributed by atoms with Gasteiger partial charge in [0.15, 0.2) is 0 Å². The molecule has 70 valence electrons. The van der Waals surface area contributed by atoms with Gasteiger partial charge in [0.1, 0.15) is 0 Å².